The Balaban J connectivity index is 1.94. The SMILES string of the molecule is CC(NC(=O)CNS(=O)(=O)c1cccc(Cl)c1)c1ccccc1. The normalized spacial score (nSPS) is 12.6. The van der Waals surface area contributed by atoms with Crippen LogP contribution in [0.3, 0.4) is 0 Å². The molecule has 1 amide bonds. The third kappa shape index (κ3) is 5.06. The molecule has 2 rings (SSSR count). The molecule has 7 heteroatoms. The first-order valence-electron chi connectivity index (χ1n) is 6.98. The minimum atomic E-state index is -3.77. The number of carbonyl (C=O) groups is 1. The summed E-state index contributed by atoms with van der Waals surface area (Å²) < 4.78 is 26.5. The Bertz CT molecular complexity index is 779. The van der Waals surface area contributed by atoms with E-state index in [1.807, 2.05) is 37.3 Å². The monoisotopic (exact) mass is 352 g/mol. The molecule has 1 atom stereocenters. The van der Waals surface area contributed by atoms with Gasteiger partial charge in [-0.05, 0) is 30.7 Å². The van der Waals surface area contributed by atoms with Crippen LogP contribution in [0.2, 0.25) is 5.02 Å². The van der Waals surface area contributed by atoms with Gasteiger partial charge in [-0.2, -0.15) is 0 Å². The lowest BCUT2D eigenvalue weighted by Crippen LogP contribution is -2.38. The van der Waals surface area contributed by atoms with Crippen molar-refractivity contribution in [1.82, 2.24) is 10.0 Å². The van der Waals surface area contributed by atoms with Gasteiger partial charge in [-0.1, -0.05) is 48.0 Å². The second-order valence-corrected chi connectivity index (χ2v) is 7.19. The van der Waals surface area contributed by atoms with E-state index in [9.17, 15) is 13.2 Å². The first-order chi connectivity index (χ1) is 10.9. The highest BCUT2D eigenvalue weighted by molar-refractivity contribution is 7.89. The van der Waals surface area contributed by atoms with Crippen molar-refractivity contribution in [2.45, 2.75) is 17.9 Å². The van der Waals surface area contributed by atoms with E-state index < -0.39 is 15.9 Å². The molecule has 0 heterocycles. The molecule has 0 radical (unpaired) electrons. The molecule has 0 fully saturated rings. The summed E-state index contributed by atoms with van der Waals surface area (Å²) in [4.78, 5) is 11.9. The van der Waals surface area contributed by atoms with Crippen molar-refractivity contribution in [3.05, 3.63) is 65.2 Å². The summed E-state index contributed by atoms with van der Waals surface area (Å²) in [6.45, 7) is 1.49. The van der Waals surface area contributed by atoms with Gasteiger partial charge in [0.05, 0.1) is 17.5 Å². The second-order valence-electron chi connectivity index (χ2n) is 4.98. The fourth-order valence-corrected chi connectivity index (χ4v) is 3.28. The van der Waals surface area contributed by atoms with Crippen LogP contribution in [-0.4, -0.2) is 20.9 Å². The van der Waals surface area contributed by atoms with Gasteiger partial charge in [-0.3, -0.25) is 4.79 Å². The topological polar surface area (TPSA) is 75.3 Å². The molecule has 5 nitrogen and oxygen atoms in total. The molecule has 2 aromatic carbocycles. The van der Waals surface area contributed by atoms with Crippen LogP contribution in [0.4, 0.5) is 0 Å². The minimum absolute atomic E-state index is 0.0221. The summed E-state index contributed by atoms with van der Waals surface area (Å²) in [5.41, 5.74) is 0.943. The smallest absolute Gasteiger partial charge is 0.241 e. The zero-order valence-electron chi connectivity index (χ0n) is 12.5. The minimum Gasteiger partial charge on any atom is -0.348 e. The van der Waals surface area contributed by atoms with Gasteiger partial charge in [0.25, 0.3) is 0 Å². The van der Waals surface area contributed by atoms with Crippen LogP contribution in [0.1, 0.15) is 18.5 Å². The van der Waals surface area contributed by atoms with Crippen molar-refractivity contribution in [3.8, 4) is 0 Å². The molecule has 2 N–H and O–H groups in total. The average Bonchev–Trinajstić information content (AvgIpc) is 2.54. The summed E-state index contributed by atoms with van der Waals surface area (Å²) in [5.74, 6) is -0.410. The third-order valence-corrected chi connectivity index (χ3v) is 4.84. The fourth-order valence-electron chi connectivity index (χ4n) is 2.00. The Hall–Kier alpha value is -1.89. The van der Waals surface area contributed by atoms with Gasteiger partial charge >= 0.3 is 0 Å². The maximum Gasteiger partial charge on any atom is 0.241 e. The van der Waals surface area contributed by atoms with E-state index in [2.05, 4.69) is 10.0 Å². The Labute approximate surface area is 140 Å². The van der Waals surface area contributed by atoms with Crippen LogP contribution in [0.15, 0.2) is 59.5 Å². The maximum atomic E-state index is 12.1. The van der Waals surface area contributed by atoms with Crippen molar-refractivity contribution < 1.29 is 13.2 Å². The molecule has 1 unspecified atom stereocenters. The van der Waals surface area contributed by atoms with E-state index in [-0.39, 0.29) is 17.5 Å². The highest BCUT2D eigenvalue weighted by Crippen LogP contribution is 2.15. The highest BCUT2D eigenvalue weighted by atomic mass is 35.5. The number of hydrogen-bond donors (Lipinski definition) is 2. The zero-order valence-corrected chi connectivity index (χ0v) is 14.1. The summed E-state index contributed by atoms with van der Waals surface area (Å²) in [6, 6.07) is 15.1. The van der Waals surface area contributed by atoms with Crippen molar-refractivity contribution in [1.29, 1.82) is 0 Å². The van der Waals surface area contributed by atoms with Gasteiger partial charge in [0.1, 0.15) is 0 Å². The van der Waals surface area contributed by atoms with Crippen molar-refractivity contribution in [2.24, 2.45) is 0 Å². The van der Waals surface area contributed by atoms with Crippen molar-refractivity contribution in [2.75, 3.05) is 6.54 Å². The molecule has 0 aliphatic carbocycles. The standard InChI is InChI=1S/C16H17ClN2O3S/c1-12(13-6-3-2-4-7-13)19-16(20)11-18-23(21,22)15-9-5-8-14(17)10-15/h2-10,12,18H,11H2,1H3,(H,19,20). The number of halogens is 1. The molecular weight excluding hydrogens is 336 g/mol. The van der Waals surface area contributed by atoms with Crippen LogP contribution >= 0.6 is 11.6 Å². The fraction of sp³-hybridized carbons (Fsp3) is 0.188. The van der Waals surface area contributed by atoms with Gasteiger partial charge in [-0.15, -0.1) is 0 Å². The van der Waals surface area contributed by atoms with Gasteiger partial charge in [0.2, 0.25) is 15.9 Å². The number of nitrogens with one attached hydrogen (secondary N) is 2. The number of carbonyl (C=O) groups excluding carboxylic acids is 1. The van der Waals surface area contributed by atoms with Crippen LogP contribution in [-0.2, 0) is 14.8 Å². The third-order valence-electron chi connectivity index (χ3n) is 3.21. The number of benzene rings is 2. The molecule has 0 aliphatic rings. The summed E-state index contributed by atoms with van der Waals surface area (Å²) in [7, 11) is -3.77. The Morgan fingerprint density at radius 1 is 1.13 bits per heavy atom. The lowest BCUT2D eigenvalue weighted by Gasteiger charge is -2.14. The first kappa shape index (κ1) is 17.5. The molecule has 2 aromatic rings. The van der Waals surface area contributed by atoms with Gasteiger partial charge in [-0.25, -0.2) is 13.1 Å². The number of rotatable bonds is 6. The molecule has 0 saturated heterocycles. The van der Waals surface area contributed by atoms with E-state index in [0.717, 1.165) is 5.56 Å². The van der Waals surface area contributed by atoms with E-state index in [1.165, 1.54) is 18.2 Å². The van der Waals surface area contributed by atoms with Crippen LogP contribution < -0.4 is 10.0 Å². The molecule has 23 heavy (non-hydrogen) atoms. The van der Waals surface area contributed by atoms with Crippen LogP contribution in [0.25, 0.3) is 0 Å². The van der Waals surface area contributed by atoms with Gasteiger partial charge in [0.15, 0.2) is 0 Å². The largest absolute Gasteiger partial charge is 0.348 e. The van der Waals surface area contributed by atoms with Gasteiger partial charge in [0, 0.05) is 5.02 Å². The lowest BCUT2D eigenvalue weighted by atomic mass is 10.1. The quantitative estimate of drug-likeness (QED) is 0.838. The maximum absolute atomic E-state index is 12.1. The average molecular weight is 353 g/mol. The highest BCUT2D eigenvalue weighted by Gasteiger charge is 2.16. The van der Waals surface area contributed by atoms with Crippen molar-refractivity contribution in [3.63, 3.8) is 0 Å². The van der Waals surface area contributed by atoms with E-state index in [0.29, 0.717) is 5.02 Å². The molecule has 0 aromatic heterocycles. The number of hydrogen-bond acceptors (Lipinski definition) is 3. The second kappa shape index (κ2) is 7.59. The van der Waals surface area contributed by atoms with E-state index >= 15 is 0 Å². The predicted molar refractivity (Wildman–Crippen MR) is 89.6 cm³/mol. The van der Waals surface area contributed by atoms with Crippen molar-refractivity contribution >= 4 is 27.5 Å². The lowest BCUT2D eigenvalue weighted by molar-refractivity contribution is -0.120. The Morgan fingerprint density at radius 3 is 2.48 bits per heavy atom. The van der Waals surface area contributed by atoms with E-state index in [1.54, 1.807) is 6.07 Å². The molecule has 122 valence electrons. The molecular formula is C16H17ClN2O3S. The first-order valence-corrected chi connectivity index (χ1v) is 8.84. The molecule has 0 spiro atoms. The molecule has 0 bridgehead atoms. The van der Waals surface area contributed by atoms with Crippen LogP contribution in [0, 0.1) is 0 Å². The predicted octanol–water partition coefficient (Wildman–Crippen LogP) is 2.50. The number of sulfonamides is 1. The molecule has 0 saturated carbocycles. The Morgan fingerprint density at radius 2 is 1.83 bits per heavy atom. The Kier molecular flexibility index (Phi) is 5.76. The van der Waals surface area contributed by atoms with Crippen LogP contribution in [0.5, 0.6) is 0 Å². The summed E-state index contributed by atoms with van der Waals surface area (Å²) in [6.07, 6.45) is 0. The number of amides is 1. The molecule has 0 aliphatic heterocycles. The van der Waals surface area contributed by atoms with E-state index in [4.69, 9.17) is 11.6 Å². The zero-order chi connectivity index (χ0) is 16.9. The summed E-state index contributed by atoms with van der Waals surface area (Å²) >= 11 is 5.78. The summed E-state index contributed by atoms with van der Waals surface area (Å²) in [5, 5.41) is 3.05. The van der Waals surface area contributed by atoms with Gasteiger partial charge < -0.3 is 5.32 Å².